The summed E-state index contributed by atoms with van der Waals surface area (Å²) in [6.45, 7) is 1.89. The highest BCUT2D eigenvalue weighted by molar-refractivity contribution is 5.83. The van der Waals surface area contributed by atoms with E-state index in [1.54, 1.807) is 6.33 Å². The van der Waals surface area contributed by atoms with Crippen molar-refractivity contribution in [3.05, 3.63) is 43.0 Å². The van der Waals surface area contributed by atoms with E-state index in [4.69, 9.17) is 0 Å². The highest BCUT2D eigenvalue weighted by atomic mass is 16.2. The van der Waals surface area contributed by atoms with E-state index in [2.05, 4.69) is 35.5 Å². The van der Waals surface area contributed by atoms with Crippen LogP contribution in [0.25, 0.3) is 11.2 Å². The molecular weight excluding hydrogens is 330 g/mol. The van der Waals surface area contributed by atoms with Gasteiger partial charge in [0.25, 0.3) is 0 Å². The number of piperidine rings is 1. The number of carbonyl (C=O) groups is 1. The van der Waals surface area contributed by atoms with Crippen LogP contribution in [0.5, 0.6) is 0 Å². The van der Waals surface area contributed by atoms with Crippen molar-refractivity contribution in [2.75, 3.05) is 29.9 Å². The normalized spacial score (nSPS) is 17.2. The molecule has 2 aromatic heterocycles. The SMILES string of the molecule is O=C(CNc1ccccc1)N[C@H]1CCCN(c2ncnc3nc[nH]c23)C1. The number of rotatable bonds is 5. The van der Waals surface area contributed by atoms with Gasteiger partial charge in [0, 0.05) is 24.8 Å². The van der Waals surface area contributed by atoms with E-state index in [0.29, 0.717) is 5.65 Å². The van der Waals surface area contributed by atoms with Crippen LogP contribution in [0.4, 0.5) is 11.5 Å². The molecule has 0 bridgehead atoms. The van der Waals surface area contributed by atoms with Gasteiger partial charge in [-0.15, -0.1) is 0 Å². The molecule has 0 saturated carbocycles. The number of aromatic amines is 1. The second kappa shape index (κ2) is 7.38. The summed E-state index contributed by atoms with van der Waals surface area (Å²) in [7, 11) is 0. The van der Waals surface area contributed by atoms with Gasteiger partial charge in [0.2, 0.25) is 5.91 Å². The first-order chi connectivity index (χ1) is 12.8. The van der Waals surface area contributed by atoms with Crippen LogP contribution in [0.2, 0.25) is 0 Å². The summed E-state index contributed by atoms with van der Waals surface area (Å²) in [4.78, 5) is 30.3. The van der Waals surface area contributed by atoms with Crippen LogP contribution in [-0.2, 0) is 4.79 Å². The molecule has 0 spiro atoms. The van der Waals surface area contributed by atoms with Crippen LogP contribution in [0.1, 0.15) is 12.8 Å². The third kappa shape index (κ3) is 3.58. The molecule has 0 unspecified atom stereocenters. The summed E-state index contributed by atoms with van der Waals surface area (Å²) in [6.07, 6.45) is 5.12. The molecule has 3 heterocycles. The van der Waals surface area contributed by atoms with Gasteiger partial charge in [-0.05, 0) is 25.0 Å². The smallest absolute Gasteiger partial charge is 0.239 e. The molecule has 1 aliphatic rings. The molecule has 1 amide bonds. The van der Waals surface area contributed by atoms with Crippen LogP contribution in [0.15, 0.2) is 43.0 Å². The van der Waals surface area contributed by atoms with Crippen molar-refractivity contribution < 1.29 is 4.79 Å². The predicted molar refractivity (Wildman–Crippen MR) is 100.0 cm³/mol. The summed E-state index contributed by atoms with van der Waals surface area (Å²) >= 11 is 0. The van der Waals surface area contributed by atoms with Gasteiger partial charge in [-0.25, -0.2) is 15.0 Å². The fraction of sp³-hybridized carbons (Fsp3) is 0.333. The van der Waals surface area contributed by atoms with Gasteiger partial charge in [-0.1, -0.05) is 18.2 Å². The van der Waals surface area contributed by atoms with Crippen molar-refractivity contribution in [1.29, 1.82) is 0 Å². The van der Waals surface area contributed by atoms with Crippen LogP contribution >= 0.6 is 0 Å². The highest BCUT2D eigenvalue weighted by Gasteiger charge is 2.24. The van der Waals surface area contributed by atoms with Crippen molar-refractivity contribution in [1.82, 2.24) is 25.3 Å². The minimum atomic E-state index is -0.00456. The number of H-pyrrole nitrogens is 1. The van der Waals surface area contributed by atoms with Gasteiger partial charge >= 0.3 is 0 Å². The molecule has 1 fully saturated rings. The lowest BCUT2D eigenvalue weighted by molar-refractivity contribution is -0.120. The second-order valence-corrected chi connectivity index (χ2v) is 6.37. The van der Waals surface area contributed by atoms with Gasteiger partial charge < -0.3 is 20.5 Å². The average molecular weight is 351 g/mol. The molecule has 8 nitrogen and oxygen atoms in total. The van der Waals surface area contributed by atoms with Crippen molar-refractivity contribution in [2.45, 2.75) is 18.9 Å². The molecule has 1 saturated heterocycles. The van der Waals surface area contributed by atoms with Crippen molar-refractivity contribution >= 4 is 28.6 Å². The average Bonchev–Trinajstić information content (AvgIpc) is 3.16. The number of nitrogens with one attached hydrogen (secondary N) is 3. The Morgan fingerprint density at radius 1 is 1.23 bits per heavy atom. The van der Waals surface area contributed by atoms with Gasteiger partial charge in [0.1, 0.15) is 11.8 Å². The van der Waals surface area contributed by atoms with E-state index in [0.717, 1.165) is 43.0 Å². The van der Waals surface area contributed by atoms with E-state index in [1.165, 1.54) is 6.33 Å². The second-order valence-electron chi connectivity index (χ2n) is 6.37. The number of para-hydroxylation sites is 1. The number of imidazole rings is 1. The Hall–Kier alpha value is -3.16. The summed E-state index contributed by atoms with van der Waals surface area (Å²) in [5.74, 6) is 0.837. The van der Waals surface area contributed by atoms with Crippen LogP contribution < -0.4 is 15.5 Å². The summed E-state index contributed by atoms with van der Waals surface area (Å²) in [6, 6.07) is 9.82. The first-order valence-electron chi connectivity index (χ1n) is 8.77. The highest BCUT2D eigenvalue weighted by Crippen LogP contribution is 2.23. The number of hydrogen-bond acceptors (Lipinski definition) is 6. The molecule has 1 atom stereocenters. The number of amides is 1. The molecule has 1 aromatic carbocycles. The van der Waals surface area contributed by atoms with Crippen LogP contribution in [0, 0.1) is 0 Å². The zero-order chi connectivity index (χ0) is 17.8. The minimum absolute atomic E-state index is 0.00456. The Labute approximate surface area is 151 Å². The third-order valence-electron chi connectivity index (χ3n) is 4.52. The van der Waals surface area contributed by atoms with Gasteiger partial charge in [-0.2, -0.15) is 0 Å². The van der Waals surface area contributed by atoms with Gasteiger partial charge in [-0.3, -0.25) is 4.79 Å². The quantitative estimate of drug-likeness (QED) is 0.645. The van der Waals surface area contributed by atoms with E-state index in [-0.39, 0.29) is 18.5 Å². The first-order valence-corrected chi connectivity index (χ1v) is 8.77. The van der Waals surface area contributed by atoms with Crippen molar-refractivity contribution in [3.8, 4) is 0 Å². The fourth-order valence-electron chi connectivity index (χ4n) is 3.30. The Morgan fingerprint density at radius 2 is 2.12 bits per heavy atom. The maximum atomic E-state index is 12.3. The molecule has 1 aliphatic heterocycles. The summed E-state index contributed by atoms with van der Waals surface area (Å²) in [5.41, 5.74) is 2.44. The molecule has 3 N–H and O–H groups in total. The fourth-order valence-corrected chi connectivity index (χ4v) is 3.30. The number of benzene rings is 1. The lowest BCUT2D eigenvalue weighted by atomic mass is 10.1. The number of nitrogens with zero attached hydrogens (tertiary/aromatic N) is 4. The number of anilines is 2. The van der Waals surface area contributed by atoms with E-state index in [1.807, 2.05) is 30.3 Å². The van der Waals surface area contributed by atoms with Crippen molar-refractivity contribution in [3.63, 3.8) is 0 Å². The number of carbonyl (C=O) groups excluding carboxylic acids is 1. The van der Waals surface area contributed by atoms with Crippen LogP contribution in [-0.4, -0.2) is 51.5 Å². The lowest BCUT2D eigenvalue weighted by Gasteiger charge is -2.34. The number of hydrogen-bond donors (Lipinski definition) is 3. The van der Waals surface area contributed by atoms with E-state index in [9.17, 15) is 4.79 Å². The Balaban J connectivity index is 1.36. The Bertz CT molecular complexity index is 879. The van der Waals surface area contributed by atoms with E-state index < -0.39 is 0 Å². The predicted octanol–water partition coefficient (Wildman–Crippen LogP) is 1.55. The summed E-state index contributed by atoms with van der Waals surface area (Å²) in [5, 5.41) is 6.26. The molecule has 8 heteroatoms. The molecule has 26 heavy (non-hydrogen) atoms. The van der Waals surface area contributed by atoms with E-state index >= 15 is 0 Å². The molecular formula is C18H21N7O. The molecule has 0 radical (unpaired) electrons. The zero-order valence-electron chi connectivity index (χ0n) is 14.4. The molecule has 0 aliphatic carbocycles. The van der Waals surface area contributed by atoms with Gasteiger partial charge in [0.15, 0.2) is 11.5 Å². The largest absolute Gasteiger partial charge is 0.376 e. The maximum Gasteiger partial charge on any atom is 0.239 e. The Kier molecular flexibility index (Phi) is 4.63. The standard InChI is InChI=1S/C18H21N7O/c26-15(9-19-13-5-2-1-3-6-13)24-14-7-4-8-25(10-14)18-16-17(21-11-20-16)22-12-23-18/h1-3,5-6,11-12,14,19H,4,7-10H2,(H,24,26)(H,20,21,22,23)/t14-/m0/s1. The monoisotopic (exact) mass is 351 g/mol. The number of aromatic nitrogens is 4. The molecule has 134 valence electrons. The third-order valence-corrected chi connectivity index (χ3v) is 4.52. The maximum absolute atomic E-state index is 12.3. The summed E-state index contributed by atoms with van der Waals surface area (Å²) < 4.78 is 0. The first kappa shape index (κ1) is 16.3. The topological polar surface area (TPSA) is 98.8 Å². The van der Waals surface area contributed by atoms with Crippen molar-refractivity contribution in [2.24, 2.45) is 0 Å². The molecule has 3 aromatic rings. The Morgan fingerprint density at radius 3 is 3.00 bits per heavy atom. The number of fused-ring (bicyclic) bond motifs is 1. The van der Waals surface area contributed by atoms with Gasteiger partial charge in [0.05, 0.1) is 12.9 Å². The molecule has 4 rings (SSSR count). The minimum Gasteiger partial charge on any atom is -0.376 e. The lowest BCUT2D eigenvalue weighted by Crippen LogP contribution is -2.49. The van der Waals surface area contributed by atoms with Crippen LogP contribution in [0.3, 0.4) is 0 Å². The zero-order valence-corrected chi connectivity index (χ0v) is 14.4.